The number of unbranched alkanes of at least 4 members (excludes halogenated alkanes) is 1. The van der Waals surface area contributed by atoms with Gasteiger partial charge in [-0.2, -0.15) is 5.26 Å². The van der Waals surface area contributed by atoms with E-state index in [2.05, 4.69) is 13.8 Å². The Bertz CT molecular complexity index is 515. The minimum atomic E-state index is -1.22. The zero-order chi connectivity index (χ0) is 16.3. The van der Waals surface area contributed by atoms with Gasteiger partial charge in [-0.15, -0.1) is 0 Å². The Balaban J connectivity index is 0.000000885. The highest BCUT2D eigenvalue weighted by Crippen LogP contribution is 2.12. The molecular formula is C16H21NO4. The van der Waals surface area contributed by atoms with Gasteiger partial charge in [0.1, 0.15) is 13.0 Å². The van der Waals surface area contributed by atoms with Crippen LogP contribution in [0.15, 0.2) is 18.2 Å². The summed E-state index contributed by atoms with van der Waals surface area (Å²) >= 11 is 0. The summed E-state index contributed by atoms with van der Waals surface area (Å²) in [5, 5.41) is 17.0. The van der Waals surface area contributed by atoms with Gasteiger partial charge < -0.3 is 9.84 Å². The van der Waals surface area contributed by atoms with Crippen LogP contribution < -0.4 is 0 Å². The van der Waals surface area contributed by atoms with Gasteiger partial charge in [0.05, 0.1) is 11.6 Å². The Kier molecular flexibility index (Phi) is 9.27. The molecule has 5 heteroatoms. The van der Waals surface area contributed by atoms with E-state index in [0.717, 1.165) is 11.1 Å². The number of esters is 1. The molecule has 0 radical (unpaired) electrons. The fourth-order valence-electron chi connectivity index (χ4n) is 1.26. The Hall–Kier alpha value is -2.35. The molecule has 0 amide bonds. The molecule has 1 rings (SSSR count). The van der Waals surface area contributed by atoms with Gasteiger partial charge in [-0.3, -0.25) is 9.59 Å². The molecule has 0 saturated carbocycles. The molecule has 0 heterocycles. The minimum absolute atomic E-state index is 0.0175. The predicted octanol–water partition coefficient (Wildman–Crippen LogP) is 3.19. The van der Waals surface area contributed by atoms with Crippen LogP contribution in [0.4, 0.5) is 0 Å². The van der Waals surface area contributed by atoms with Crippen molar-refractivity contribution >= 4 is 11.9 Å². The van der Waals surface area contributed by atoms with Crippen molar-refractivity contribution in [1.29, 1.82) is 5.26 Å². The number of nitriles is 1. The molecule has 21 heavy (non-hydrogen) atoms. The van der Waals surface area contributed by atoms with Crippen molar-refractivity contribution < 1.29 is 19.4 Å². The summed E-state index contributed by atoms with van der Waals surface area (Å²) in [6, 6.07) is 6.98. The number of hydrogen-bond acceptors (Lipinski definition) is 4. The number of aliphatic carboxylic acids is 1. The molecule has 1 N–H and O–H groups in total. The van der Waals surface area contributed by atoms with Crippen LogP contribution in [0.25, 0.3) is 0 Å². The van der Waals surface area contributed by atoms with Crippen molar-refractivity contribution in [3.63, 3.8) is 0 Å². The summed E-state index contributed by atoms with van der Waals surface area (Å²) in [5.74, 6) is -1.99. The molecule has 5 nitrogen and oxygen atoms in total. The van der Waals surface area contributed by atoms with Crippen LogP contribution >= 0.6 is 0 Å². The highest BCUT2D eigenvalue weighted by Gasteiger charge is 2.09. The maximum atomic E-state index is 11.0. The molecule has 1 aromatic rings. The van der Waals surface area contributed by atoms with Crippen molar-refractivity contribution in [2.75, 3.05) is 0 Å². The average Bonchev–Trinajstić information content (AvgIpc) is 2.45. The van der Waals surface area contributed by atoms with E-state index in [1.165, 1.54) is 12.8 Å². The van der Waals surface area contributed by atoms with Gasteiger partial charge in [0.2, 0.25) is 0 Å². The van der Waals surface area contributed by atoms with Crippen LogP contribution in [0, 0.1) is 18.3 Å². The minimum Gasteiger partial charge on any atom is -0.481 e. The quantitative estimate of drug-likeness (QED) is 0.665. The average molecular weight is 291 g/mol. The number of benzene rings is 1. The highest BCUT2D eigenvalue weighted by molar-refractivity contribution is 5.90. The number of ether oxygens (including phenoxy) is 1. The predicted molar refractivity (Wildman–Crippen MR) is 78.5 cm³/mol. The summed E-state index contributed by atoms with van der Waals surface area (Å²) < 4.78 is 4.79. The zero-order valence-corrected chi connectivity index (χ0v) is 12.7. The lowest BCUT2D eigenvalue weighted by Crippen LogP contribution is -2.10. The Labute approximate surface area is 125 Å². The number of hydrogen-bond donors (Lipinski definition) is 1. The second-order valence-electron chi connectivity index (χ2n) is 4.48. The fourth-order valence-corrected chi connectivity index (χ4v) is 1.26. The number of nitrogens with zero attached hydrogens (tertiary/aromatic N) is 1. The first-order valence-electron chi connectivity index (χ1n) is 6.81. The monoisotopic (exact) mass is 291 g/mol. The second-order valence-corrected chi connectivity index (χ2v) is 4.48. The van der Waals surface area contributed by atoms with Crippen LogP contribution in [0.3, 0.4) is 0 Å². The Morgan fingerprint density at radius 2 is 1.90 bits per heavy atom. The first kappa shape index (κ1) is 18.7. The SMILES string of the molecule is CCCC.Cc1cc(C#N)ccc1COC(=O)CC(=O)O. The van der Waals surface area contributed by atoms with E-state index in [9.17, 15) is 9.59 Å². The molecule has 0 bridgehead atoms. The van der Waals surface area contributed by atoms with Gasteiger partial charge in [0, 0.05) is 0 Å². The summed E-state index contributed by atoms with van der Waals surface area (Å²) in [6.45, 7) is 6.17. The molecule has 0 aliphatic rings. The summed E-state index contributed by atoms with van der Waals surface area (Å²) in [6.07, 6.45) is 2.00. The molecule has 0 fully saturated rings. The third kappa shape index (κ3) is 8.43. The lowest BCUT2D eigenvalue weighted by molar-refractivity contribution is -0.152. The van der Waals surface area contributed by atoms with Gasteiger partial charge in [-0.05, 0) is 30.2 Å². The third-order valence-electron chi connectivity index (χ3n) is 2.66. The van der Waals surface area contributed by atoms with Crippen LogP contribution in [0.2, 0.25) is 0 Å². The first-order chi connectivity index (χ1) is 9.94. The van der Waals surface area contributed by atoms with Gasteiger partial charge in [-0.1, -0.05) is 32.8 Å². The molecule has 0 aliphatic heterocycles. The first-order valence-corrected chi connectivity index (χ1v) is 6.81. The van der Waals surface area contributed by atoms with Gasteiger partial charge in [0.25, 0.3) is 0 Å². The molecular weight excluding hydrogens is 270 g/mol. The fraction of sp³-hybridized carbons (Fsp3) is 0.438. The van der Waals surface area contributed by atoms with E-state index in [-0.39, 0.29) is 6.61 Å². The van der Waals surface area contributed by atoms with Gasteiger partial charge in [-0.25, -0.2) is 0 Å². The number of carboxylic acid groups (broad SMARTS) is 1. The highest BCUT2D eigenvalue weighted by atomic mass is 16.5. The maximum absolute atomic E-state index is 11.0. The number of aryl methyl sites for hydroxylation is 1. The van der Waals surface area contributed by atoms with E-state index < -0.39 is 18.4 Å². The molecule has 0 aromatic heterocycles. The largest absolute Gasteiger partial charge is 0.481 e. The topological polar surface area (TPSA) is 87.4 Å². The molecule has 114 valence electrons. The molecule has 0 aliphatic carbocycles. The number of rotatable bonds is 5. The number of carbonyl (C=O) groups excluding carboxylic acids is 1. The van der Waals surface area contributed by atoms with E-state index in [0.29, 0.717) is 5.56 Å². The van der Waals surface area contributed by atoms with E-state index in [1.54, 1.807) is 25.1 Å². The second kappa shape index (κ2) is 10.4. The molecule has 0 unspecified atom stereocenters. The molecule has 0 saturated heterocycles. The van der Waals surface area contributed by atoms with E-state index >= 15 is 0 Å². The zero-order valence-electron chi connectivity index (χ0n) is 12.7. The third-order valence-corrected chi connectivity index (χ3v) is 2.66. The summed E-state index contributed by atoms with van der Waals surface area (Å²) in [5.41, 5.74) is 2.11. The standard InChI is InChI=1S/C12H11NO4.C4H10/c1-8-4-9(6-13)2-3-10(8)7-17-12(16)5-11(14)15;1-3-4-2/h2-4H,5,7H2,1H3,(H,14,15);3-4H2,1-2H3. The molecule has 1 aromatic carbocycles. The normalized spacial score (nSPS) is 9.05. The van der Waals surface area contributed by atoms with Crippen LogP contribution in [0.5, 0.6) is 0 Å². The number of carboxylic acids is 1. The maximum Gasteiger partial charge on any atom is 0.317 e. The van der Waals surface area contributed by atoms with Crippen LogP contribution in [-0.2, 0) is 20.9 Å². The van der Waals surface area contributed by atoms with Gasteiger partial charge >= 0.3 is 11.9 Å². The Morgan fingerprint density at radius 1 is 1.29 bits per heavy atom. The Morgan fingerprint density at radius 3 is 2.33 bits per heavy atom. The van der Waals surface area contributed by atoms with E-state index in [4.69, 9.17) is 15.1 Å². The molecule has 0 spiro atoms. The number of carbonyl (C=O) groups is 2. The van der Waals surface area contributed by atoms with Crippen molar-refractivity contribution in [3.05, 3.63) is 34.9 Å². The lowest BCUT2D eigenvalue weighted by Gasteiger charge is -2.06. The van der Waals surface area contributed by atoms with Crippen molar-refractivity contribution in [2.45, 2.75) is 46.6 Å². The van der Waals surface area contributed by atoms with Gasteiger partial charge in [0.15, 0.2) is 0 Å². The smallest absolute Gasteiger partial charge is 0.317 e. The van der Waals surface area contributed by atoms with Crippen molar-refractivity contribution in [2.24, 2.45) is 0 Å². The van der Waals surface area contributed by atoms with Crippen molar-refractivity contribution in [1.82, 2.24) is 0 Å². The molecule has 0 atom stereocenters. The van der Waals surface area contributed by atoms with E-state index in [1.807, 2.05) is 6.07 Å². The van der Waals surface area contributed by atoms with Crippen LogP contribution in [0.1, 0.15) is 49.8 Å². The van der Waals surface area contributed by atoms with Crippen molar-refractivity contribution in [3.8, 4) is 6.07 Å². The summed E-state index contributed by atoms with van der Waals surface area (Å²) in [7, 11) is 0. The summed E-state index contributed by atoms with van der Waals surface area (Å²) in [4.78, 5) is 21.2. The lowest BCUT2D eigenvalue weighted by atomic mass is 10.1. The van der Waals surface area contributed by atoms with Crippen LogP contribution in [-0.4, -0.2) is 17.0 Å².